The molecule has 26 heavy (non-hydrogen) atoms. The molecule has 1 aliphatic rings. The number of carbonyl (C=O) groups excluding carboxylic acids is 1. The van der Waals surface area contributed by atoms with E-state index in [1.54, 1.807) is 23.1 Å². The molecule has 0 saturated carbocycles. The number of likely N-dealkylation sites (N-methyl/N-ethyl adjacent to an activating group) is 1. The van der Waals surface area contributed by atoms with Crippen molar-refractivity contribution in [1.29, 1.82) is 0 Å². The number of hydrogen-bond acceptors (Lipinski definition) is 4. The summed E-state index contributed by atoms with van der Waals surface area (Å²) in [7, 11) is -2.24. The lowest BCUT2D eigenvalue weighted by molar-refractivity contribution is -0.135. The van der Waals surface area contributed by atoms with Crippen molar-refractivity contribution in [2.75, 3.05) is 26.7 Å². The molecule has 1 fully saturated rings. The van der Waals surface area contributed by atoms with Crippen LogP contribution in [0.1, 0.15) is 30.9 Å². The highest BCUT2D eigenvalue weighted by Gasteiger charge is 2.31. The van der Waals surface area contributed by atoms with Gasteiger partial charge in [-0.25, -0.2) is 8.42 Å². The van der Waals surface area contributed by atoms with E-state index in [1.807, 2.05) is 13.8 Å². The summed E-state index contributed by atoms with van der Waals surface area (Å²) in [4.78, 5) is 14.6. The van der Waals surface area contributed by atoms with E-state index in [0.29, 0.717) is 19.0 Å². The monoisotopic (exact) mass is 403 g/mol. The van der Waals surface area contributed by atoms with Crippen LogP contribution in [0.2, 0.25) is 0 Å². The summed E-state index contributed by atoms with van der Waals surface area (Å²) in [5.74, 6) is 0.354. The lowest BCUT2D eigenvalue weighted by Crippen LogP contribution is -2.52. The molecular weight excluding hydrogens is 374 g/mol. The van der Waals surface area contributed by atoms with Gasteiger partial charge in [0.15, 0.2) is 0 Å². The molecule has 148 valence electrons. The Labute approximate surface area is 163 Å². The highest BCUT2D eigenvalue weighted by Crippen LogP contribution is 2.23. The van der Waals surface area contributed by atoms with Gasteiger partial charge in [0.2, 0.25) is 15.9 Å². The predicted molar refractivity (Wildman–Crippen MR) is 106 cm³/mol. The van der Waals surface area contributed by atoms with E-state index < -0.39 is 10.0 Å². The summed E-state index contributed by atoms with van der Waals surface area (Å²) in [5, 5.41) is 0. The third-order valence-corrected chi connectivity index (χ3v) is 6.91. The van der Waals surface area contributed by atoms with Crippen molar-refractivity contribution in [3.63, 3.8) is 0 Å². The topological polar surface area (TPSA) is 83.7 Å². The molecule has 0 spiro atoms. The number of amides is 1. The first-order valence-electron chi connectivity index (χ1n) is 8.70. The first-order chi connectivity index (χ1) is 11.7. The number of rotatable bonds is 5. The van der Waals surface area contributed by atoms with Crippen molar-refractivity contribution >= 4 is 28.3 Å². The first kappa shape index (κ1) is 22.9. The zero-order chi connectivity index (χ0) is 18.8. The van der Waals surface area contributed by atoms with E-state index in [0.717, 1.165) is 28.3 Å². The Kier molecular flexibility index (Phi) is 8.07. The number of piperidine rings is 1. The number of nitrogens with two attached hydrogens (primary N) is 1. The van der Waals surface area contributed by atoms with E-state index >= 15 is 0 Å². The van der Waals surface area contributed by atoms with Crippen molar-refractivity contribution < 1.29 is 13.2 Å². The highest BCUT2D eigenvalue weighted by atomic mass is 35.5. The molecule has 2 unspecified atom stereocenters. The lowest BCUT2D eigenvalue weighted by atomic mass is 9.92. The number of benzene rings is 1. The van der Waals surface area contributed by atoms with Crippen molar-refractivity contribution in [3.8, 4) is 0 Å². The molecule has 1 heterocycles. The number of halogens is 1. The molecule has 2 N–H and O–H groups in total. The normalized spacial score (nSPS) is 20.8. The second kappa shape index (κ2) is 9.17. The Morgan fingerprint density at radius 3 is 2.54 bits per heavy atom. The standard InChI is InChI=1S/C18H29N3O3S.ClH/c1-13-7-8-21(16(9-13)11-19)18(22)12-20(4)25(23,24)17-6-5-14(2)15(3)10-17;/h5-6,10,13,16H,7-9,11-12,19H2,1-4H3;1H. The Bertz CT molecular complexity index is 739. The summed E-state index contributed by atoms with van der Waals surface area (Å²) in [6.45, 7) is 6.84. The van der Waals surface area contributed by atoms with Crippen LogP contribution in [0.4, 0.5) is 0 Å². The molecule has 2 rings (SSSR count). The van der Waals surface area contributed by atoms with E-state index in [9.17, 15) is 13.2 Å². The zero-order valence-electron chi connectivity index (χ0n) is 15.9. The van der Waals surface area contributed by atoms with Crippen LogP contribution in [0.5, 0.6) is 0 Å². The molecule has 8 heteroatoms. The maximum atomic E-state index is 12.7. The molecular formula is C18H30ClN3O3S. The molecule has 1 saturated heterocycles. The fourth-order valence-electron chi connectivity index (χ4n) is 3.22. The minimum absolute atomic E-state index is 0. The van der Waals surface area contributed by atoms with Crippen LogP contribution in [0.3, 0.4) is 0 Å². The number of aryl methyl sites for hydroxylation is 2. The number of carbonyl (C=O) groups is 1. The molecule has 0 aliphatic carbocycles. The second-order valence-electron chi connectivity index (χ2n) is 7.11. The minimum atomic E-state index is -3.69. The van der Waals surface area contributed by atoms with Crippen LogP contribution < -0.4 is 5.73 Å². The van der Waals surface area contributed by atoms with Gasteiger partial charge in [0, 0.05) is 26.2 Å². The quantitative estimate of drug-likeness (QED) is 0.814. The number of likely N-dealkylation sites (tertiary alicyclic amines) is 1. The highest BCUT2D eigenvalue weighted by molar-refractivity contribution is 7.89. The molecule has 0 radical (unpaired) electrons. The van der Waals surface area contributed by atoms with Crippen LogP contribution in [0, 0.1) is 19.8 Å². The molecule has 1 aromatic carbocycles. The van der Waals surface area contributed by atoms with E-state index in [1.165, 1.54) is 7.05 Å². The van der Waals surface area contributed by atoms with Gasteiger partial charge in [0.25, 0.3) is 0 Å². The van der Waals surface area contributed by atoms with E-state index in [2.05, 4.69) is 6.92 Å². The third-order valence-electron chi connectivity index (χ3n) is 5.11. The largest absolute Gasteiger partial charge is 0.337 e. The summed E-state index contributed by atoms with van der Waals surface area (Å²) < 4.78 is 26.6. The molecule has 0 aromatic heterocycles. The third kappa shape index (κ3) is 4.97. The molecule has 0 bridgehead atoms. The van der Waals surface area contributed by atoms with Gasteiger partial charge in [-0.3, -0.25) is 4.79 Å². The maximum Gasteiger partial charge on any atom is 0.243 e. The van der Waals surface area contributed by atoms with Gasteiger partial charge < -0.3 is 10.6 Å². The first-order valence-corrected chi connectivity index (χ1v) is 10.1. The Morgan fingerprint density at radius 1 is 1.31 bits per heavy atom. The average molecular weight is 404 g/mol. The Balaban J connectivity index is 0.00000338. The van der Waals surface area contributed by atoms with Gasteiger partial charge in [-0.05, 0) is 55.9 Å². The van der Waals surface area contributed by atoms with Gasteiger partial charge >= 0.3 is 0 Å². The van der Waals surface area contributed by atoms with Crippen LogP contribution in [-0.4, -0.2) is 56.3 Å². The second-order valence-corrected chi connectivity index (χ2v) is 9.16. The van der Waals surface area contributed by atoms with Crippen molar-refractivity contribution in [3.05, 3.63) is 29.3 Å². The molecule has 1 aromatic rings. The average Bonchev–Trinajstić information content (AvgIpc) is 2.56. The van der Waals surface area contributed by atoms with Crippen molar-refractivity contribution in [1.82, 2.24) is 9.21 Å². The molecule has 1 amide bonds. The zero-order valence-corrected chi connectivity index (χ0v) is 17.6. The van der Waals surface area contributed by atoms with Crippen LogP contribution in [0.25, 0.3) is 0 Å². The van der Waals surface area contributed by atoms with E-state index in [4.69, 9.17) is 5.73 Å². The van der Waals surface area contributed by atoms with Gasteiger partial charge in [-0.1, -0.05) is 13.0 Å². The summed E-state index contributed by atoms with van der Waals surface area (Å²) >= 11 is 0. The Hall–Kier alpha value is -1.15. The summed E-state index contributed by atoms with van der Waals surface area (Å²) in [6.07, 6.45) is 1.80. The minimum Gasteiger partial charge on any atom is -0.337 e. The number of sulfonamides is 1. The van der Waals surface area contributed by atoms with Gasteiger partial charge in [-0.2, -0.15) is 4.31 Å². The smallest absolute Gasteiger partial charge is 0.243 e. The van der Waals surface area contributed by atoms with E-state index in [-0.39, 0.29) is 35.8 Å². The SMILES string of the molecule is Cc1ccc(S(=O)(=O)N(C)CC(=O)N2CCC(C)CC2CN)cc1C.Cl. The van der Waals surface area contributed by atoms with Crippen LogP contribution in [0.15, 0.2) is 23.1 Å². The van der Waals surface area contributed by atoms with Gasteiger partial charge in [0.05, 0.1) is 11.4 Å². The van der Waals surface area contributed by atoms with Crippen LogP contribution >= 0.6 is 12.4 Å². The van der Waals surface area contributed by atoms with Crippen molar-refractivity contribution in [2.45, 2.75) is 44.6 Å². The number of nitrogens with zero attached hydrogens (tertiary/aromatic N) is 2. The number of hydrogen-bond donors (Lipinski definition) is 1. The lowest BCUT2D eigenvalue weighted by Gasteiger charge is -2.38. The summed E-state index contributed by atoms with van der Waals surface area (Å²) in [5.41, 5.74) is 7.75. The molecule has 2 atom stereocenters. The fraction of sp³-hybridized carbons (Fsp3) is 0.611. The summed E-state index contributed by atoms with van der Waals surface area (Å²) in [6, 6.07) is 5.02. The molecule has 1 aliphatic heterocycles. The Morgan fingerprint density at radius 2 is 1.96 bits per heavy atom. The van der Waals surface area contributed by atoms with Gasteiger partial charge in [0.1, 0.15) is 0 Å². The molecule has 6 nitrogen and oxygen atoms in total. The fourth-order valence-corrected chi connectivity index (χ4v) is 4.43. The van der Waals surface area contributed by atoms with Crippen molar-refractivity contribution in [2.24, 2.45) is 11.7 Å². The van der Waals surface area contributed by atoms with Gasteiger partial charge in [-0.15, -0.1) is 12.4 Å². The van der Waals surface area contributed by atoms with Crippen LogP contribution in [-0.2, 0) is 14.8 Å². The predicted octanol–water partition coefficient (Wildman–Crippen LogP) is 1.93. The maximum absolute atomic E-state index is 12.7.